The van der Waals surface area contributed by atoms with E-state index in [0.717, 1.165) is 34.9 Å². The molecule has 3 rings (SSSR count). The van der Waals surface area contributed by atoms with Crippen LogP contribution in [0.1, 0.15) is 18.4 Å². The van der Waals surface area contributed by atoms with Gasteiger partial charge in [-0.1, -0.05) is 12.1 Å². The van der Waals surface area contributed by atoms with Gasteiger partial charge in [-0.15, -0.1) is 0 Å². The highest BCUT2D eigenvalue weighted by Gasteiger charge is 2.23. The molecule has 0 aliphatic carbocycles. The number of carbonyl (C=O) groups excluding carboxylic acids is 1. The van der Waals surface area contributed by atoms with E-state index in [2.05, 4.69) is 32.2 Å². The topological polar surface area (TPSA) is 69.7 Å². The third kappa shape index (κ3) is 4.86. The number of hydrogen-bond acceptors (Lipinski definition) is 4. The molecule has 1 fully saturated rings. The maximum Gasteiger partial charge on any atom is 0.245 e. The number of anilines is 3. The van der Waals surface area contributed by atoms with Crippen molar-refractivity contribution in [2.45, 2.75) is 19.8 Å². The first-order chi connectivity index (χ1) is 13.3. The lowest BCUT2D eigenvalue weighted by Crippen LogP contribution is -2.37. The van der Waals surface area contributed by atoms with Crippen LogP contribution in [0, 0.1) is 6.92 Å². The second kappa shape index (κ2) is 8.53. The number of nitrogens with zero attached hydrogens (tertiary/aromatic N) is 2. The lowest BCUT2D eigenvalue weighted by Gasteiger charge is -2.23. The van der Waals surface area contributed by atoms with Gasteiger partial charge in [-0.05, 0) is 71.6 Å². The van der Waals surface area contributed by atoms with E-state index in [-0.39, 0.29) is 6.54 Å². The minimum Gasteiger partial charge on any atom is -0.372 e. The van der Waals surface area contributed by atoms with Gasteiger partial charge in [0.05, 0.1) is 11.9 Å². The number of rotatable bonds is 6. The predicted octanol–water partition coefficient (Wildman–Crippen LogP) is 3.76. The molecule has 0 bridgehead atoms. The lowest BCUT2D eigenvalue weighted by molar-refractivity contribution is -0.114. The van der Waals surface area contributed by atoms with E-state index in [4.69, 9.17) is 0 Å². The number of halogens is 1. The molecule has 0 atom stereocenters. The first-order valence-corrected chi connectivity index (χ1v) is 11.8. The average Bonchev–Trinajstić information content (AvgIpc) is 3.16. The molecule has 28 heavy (non-hydrogen) atoms. The Hall–Kier alpha value is -2.06. The third-order valence-electron chi connectivity index (χ3n) is 4.76. The molecule has 1 N–H and O–H groups in total. The van der Waals surface area contributed by atoms with Crippen molar-refractivity contribution in [3.05, 3.63) is 52.5 Å². The molecule has 1 amide bonds. The summed E-state index contributed by atoms with van der Waals surface area (Å²) in [5.41, 5.74) is 3.22. The van der Waals surface area contributed by atoms with Crippen LogP contribution in [0.5, 0.6) is 0 Å². The summed E-state index contributed by atoms with van der Waals surface area (Å²) >= 11 is 3.36. The Labute approximate surface area is 174 Å². The van der Waals surface area contributed by atoms with Crippen molar-refractivity contribution in [2.24, 2.45) is 0 Å². The molecule has 1 saturated heterocycles. The number of nitrogens with one attached hydrogen (secondary N) is 1. The fraction of sp³-hybridized carbons (Fsp3) is 0.350. The van der Waals surface area contributed by atoms with Crippen LogP contribution in [0.3, 0.4) is 0 Å². The molecule has 6 nitrogen and oxygen atoms in total. The Morgan fingerprint density at radius 2 is 1.86 bits per heavy atom. The summed E-state index contributed by atoms with van der Waals surface area (Å²) in [6, 6.07) is 12.9. The van der Waals surface area contributed by atoms with Crippen LogP contribution in [0.4, 0.5) is 17.1 Å². The van der Waals surface area contributed by atoms with Crippen LogP contribution in [0.15, 0.2) is 46.9 Å². The summed E-state index contributed by atoms with van der Waals surface area (Å²) in [7, 11) is -3.62. The molecule has 2 aromatic carbocycles. The largest absolute Gasteiger partial charge is 0.372 e. The Bertz CT molecular complexity index is 972. The lowest BCUT2D eigenvalue weighted by atomic mass is 10.1. The fourth-order valence-corrected chi connectivity index (χ4v) is 4.80. The molecule has 150 valence electrons. The van der Waals surface area contributed by atoms with E-state index >= 15 is 0 Å². The van der Waals surface area contributed by atoms with Gasteiger partial charge in [0.2, 0.25) is 15.9 Å². The summed E-state index contributed by atoms with van der Waals surface area (Å²) in [5, 5.41) is 2.84. The van der Waals surface area contributed by atoms with Crippen molar-refractivity contribution < 1.29 is 13.2 Å². The first-order valence-electron chi connectivity index (χ1n) is 9.13. The molecule has 2 aromatic rings. The highest BCUT2D eigenvalue weighted by atomic mass is 79.9. The van der Waals surface area contributed by atoms with Crippen LogP contribution >= 0.6 is 15.9 Å². The zero-order valence-electron chi connectivity index (χ0n) is 16.0. The van der Waals surface area contributed by atoms with E-state index < -0.39 is 15.9 Å². The second-order valence-corrected chi connectivity index (χ2v) is 9.72. The summed E-state index contributed by atoms with van der Waals surface area (Å²) < 4.78 is 26.2. The molecule has 1 aliphatic rings. The Morgan fingerprint density at radius 1 is 1.18 bits per heavy atom. The predicted molar refractivity (Wildman–Crippen MR) is 118 cm³/mol. The number of benzene rings is 2. The van der Waals surface area contributed by atoms with Gasteiger partial charge in [-0.25, -0.2) is 8.42 Å². The van der Waals surface area contributed by atoms with Gasteiger partial charge >= 0.3 is 0 Å². The highest BCUT2D eigenvalue weighted by molar-refractivity contribution is 9.10. The van der Waals surface area contributed by atoms with Gasteiger partial charge in [-0.3, -0.25) is 9.10 Å². The van der Waals surface area contributed by atoms with Crippen LogP contribution in [-0.2, 0) is 14.8 Å². The molecule has 8 heteroatoms. The number of amides is 1. The maximum atomic E-state index is 12.6. The Morgan fingerprint density at radius 3 is 2.46 bits per heavy atom. The zero-order chi connectivity index (χ0) is 20.3. The molecule has 0 saturated carbocycles. The van der Waals surface area contributed by atoms with E-state index in [1.165, 1.54) is 12.8 Å². The van der Waals surface area contributed by atoms with Crippen LogP contribution in [0.2, 0.25) is 0 Å². The van der Waals surface area contributed by atoms with Crippen molar-refractivity contribution in [3.63, 3.8) is 0 Å². The van der Waals surface area contributed by atoms with Gasteiger partial charge in [0, 0.05) is 28.9 Å². The van der Waals surface area contributed by atoms with Crippen LogP contribution in [0.25, 0.3) is 0 Å². The van der Waals surface area contributed by atoms with Crippen molar-refractivity contribution in [1.82, 2.24) is 0 Å². The highest BCUT2D eigenvalue weighted by Crippen LogP contribution is 2.28. The normalized spacial score (nSPS) is 14.2. The molecule has 0 aromatic heterocycles. The first kappa shape index (κ1) is 20.7. The third-order valence-corrected chi connectivity index (χ3v) is 6.56. The van der Waals surface area contributed by atoms with Crippen molar-refractivity contribution in [3.8, 4) is 0 Å². The van der Waals surface area contributed by atoms with Gasteiger partial charge in [-0.2, -0.15) is 0 Å². The molecule has 0 radical (unpaired) electrons. The number of para-hydroxylation sites is 1. The van der Waals surface area contributed by atoms with Gasteiger partial charge in [0.1, 0.15) is 6.54 Å². The summed E-state index contributed by atoms with van der Waals surface area (Å²) in [6.45, 7) is 3.76. The van der Waals surface area contributed by atoms with Crippen molar-refractivity contribution >= 4 is 48.9 Å². The van der Waals surface area contributed by atoms with Crippen LogP contribution in [-0.4, -0.2) is 40.2 Å². The van der Waals surface area contributed by atoms with E-state index in [0.29, 0.717) is 15.8 Å². The molecule has 0 unspecified atom stereocenters. The SMILES string of the molecule is Cc1cc(N2CCCC2)ccc1NC(=O)CN(c1ccccc1Br)S(C)(=O)=O. The van der Waals surface area contributed by atoms with Gasteiger partial charge in [0.15, 0.2) is 0 Å². The number of aryl methyl sites for hydroxylation is 1. The fourth-order valence-electron chi connectivity index (χ4n) is 3.32. The summed E-state index contributed by atoms with van der Waals surface area (Å²) in [6.07, 6.45) is 3.50. The standard InChI is InChI=1S/C20H24BrN3O3S/c1-15-13-16(23-11-5-6-12-23)9-10-18(15)22-20(25)14-24(28(2,26)27)19-8-4-3-7-17(19)21/h3-4,7-10,13H,5-6,11-12,14H2,1-2H3,(H,22,25). The number of sulfonamides is 1. The average molecular weight is 466 g/mol. The zero-order valence-corrected chi connectivity index (χ0v) is 18.4. The quantitative estimate of drug-likeness (QED) is 0.704. The van der Waals surface area contributed by atoms with Crippen molar-refractivity contribution in [1.29, 1.82) is 0 Å². The van der Waals surface area contributed by atoms with Crippen LogP contribution < -0.4 is 14.5 Å². The minimum atomic E-state index is -3.62. The van der Waals surface area contributed by atoms with E-state index in [9.17, 15) is 13.2 Å². The molecular formula is C20H24BrN3O3S. The molecule has 0 spiro atoms. The summed E-state index contributed by atoms with van der Waals surface area (Å²) in [4.78, 5) is 14.9. The van der Waals surface area contributed by atoms with Crippen molar-refractivity contribution in [2.75, 3.05) is 40.4 Å². The monoisotopic (exact) mass is 465 g/mol. The van der Waals surface area contributed by atoms with E-state index in [1.807, 2.05) is 19.1 Å². The smallest absolute Gasteiger partial charge is 0.245 e. The van der Waals surface area contributed by atoms with E-state index in [1.54, 1.807) is 24.3 Å². The molecule has 1 aliphatic heterocycles. The molecule has 1 heterocycles. The summed E-state index contributed by atoms with van der Waals surface area (Å²) in [5.74, 6) is -0.391. The van der Waals surface area contributed by atoms with Gasteiger partial charge < -0.3 is 10.2 Å². The number of hydrogen-bond donors (Lipinski definition) is 1. The molecular weight excluding hydrogens is 442 g/mol. The van der Waals surface area contributed by atoms with Gasteiger partial charge in [0.25, 0.3) is 0 Å². The Balaban J connectivity index is 1.75. The minimum absolute atomic E-state index is 0.297. The number of carbonyl (C=O) groups is 1. The Kier molecular flexibility index (Phi) is 6.30. The second-order valence-electron chi connectivity index (χ2n) is 6.96. The maximum absolute atomic E-state index is 12.6.